The fourth-order valence-electron chi connectivity index (χ4n) is 2.24. The van der Waals surface area contributed by atoms with Crippen molar-refractivity contribution >= 4 is 38.7 Å². The van der Waals surface area contributed by atoms with Crippen molar-refractivity contribution in [1.29, 1.82) is 0 Å². The Kier molecular flexibility index (Phi) is 3.55. The minimum atomic E-state index is 0.144. The van der Waals surface area contributed by atoms with Crippen molar-refractivity contribution in [2.45, 2.75) is 13.8 Å². The number of nitrogens with one attached hydrogen (secondary N) is 1. The lowest BCUT2D eigenvalue weighted by Gasteiger charge is -1.99. The van der Waals surface area contributed by atoms with E-state index >= 15 is 0 Å². The highest BCUT2D eigenvalue weighted by molar-refractivity contribution is 9.10. The van der Waals surface area contributed by atoms with Gasteiger partial charge < -0.3 is 10.1 Å². The van der Waals surface area contributed by atoms with E-state index in [1.54, 1.807) is 6.21 Å². The Bertz CT molecular complexity index is 849. The number of rotatable bonds is 2. The van der Waals surface area contributed by atoms with Gasteiger partial charge in [-0.15, -0.1) is 0 Å². The molecule has 1 aromatic heterocycles. The maximum Gasteiger partial charge on any atom is 0.198 e. The molecule has 2 aromatic carbocycles. The zero-order chi connectivity index (χ0) is 15.0. The molecule has 3 aromatic rings. The monoisotopic (exact) mass is 342 g/mol. The summed E-state index contributed by atoms with van der Waals surface area (Å²) < 4.78 is 1.02. The van der Waals surface area contributed by atoms with E-state index in [0.717, 1.165) is 26.6 Å². The fourth-order valence-corrected chi connectivity index (χ4v) is 2.61. The summed E-state index contributed by atoms with van der Waals surface area (Å²) in [6.45, 7) is 4.06. The number of halogens is 1. The van der Waals surface area contributed by atoms with E-state index < -0.39 is 0 Å². The number of aromatic hydroxyl groups is 1. The Hall–Kier alpha value is -2.07. The fraction of sp³-hybridized carbons (Fsp3) is 0.118. The molecule has 4 heteroatoms. The highest BCUT2D eigenvalue weighted by Crippen LogP contribution is 2.28. The molecular formula is C17H15BrN2O. The van der Waals surface area contributed by atoms with E-state index in [0.29, 0.717) is 5.56 Å². The van der Waals surface area contributed by atoms with Crippen LogP contribution in [0.3, 0.4) is 0 Å². The van der Waals surface area contributed by atoms with E-state index in [1.807, 2.05) is 50.2 Å². The van der Waals surface area contributed by atoms with Gasteiger partial charge in [-0.25, -0.2) is 0 Å². The third-order valence-corrected chi connectivity index (χ3v) is 4.33. The Morgan fingerprint density at radius 2 is 1.95 bits per heavy atom. The second-order valence-corrected chi connectivity index (χ2v) is 5.98. The van der Waals surface area contributed by atoms with Crippen LogP contribution in [-0.2, 0) is 0 Å². The van der Waals surface area contributed by atoms with Crippen LogP contribution < -0.4 is 0 Å². The van der Waals surface area contributed by atoms with Gasteiger partial charge in [0.2, 0.25) is 0 Å². The molecule has 0 aliphatic carbocycles. The second-order valence-electron chi connectivity index (χ2n) is 5.13. The summed E-state index contributed by atoms with van der Waals surface area (Å²) in [7, 11) is 0. The van der Waals surface area contributed by atoms with Gasteiger partial charge in [0.05, 0.1) is 11.3 Å². The molecule has 0 spiro atoms. The van der Waals surface area contributed by atoms with Crippen molar-refractivity contribution in [2.75, 3.05) is 0 Å². The predicted molar refractivity (Wildman–Crippen MR) is 90.8 cm³/mol. The van der Waals surface area contributed by atoms with Gasteiger partial charge in [-0.3, -0.25) is 4.99 Å². The first-order valence-electron chi connectivity index (χ1n) is 6.66. The Balaban J connectivity index is 2.04. The molecule has 3 rings (SSSR count). The maximum atomic E-state index is 10.0. The molecule has 0 aliphatic rings. The summed E-state index contributed by atoms with van der Waals surface area (Å²) in [4.78, 5) is 7.42. The average molecular weight is 343 g/mol. The SMILES string of the molecule is Cc1ccc2[nH]c(O)c(C=Nc3ccc(C)c(Br)c3)c2c1. The standard InChI is InChI=1S/C17H15BrN2O/c1-10-3-6-16-13(7-10)14(17(21)20-16)9-19-12-5-4-11(2)15(18)8-12/h3-9,20-21H,1-2H3. The third-order valence-electron chi connectivity index (χ3n) is 3.47. The van der Waals surface area contributed by atoms with Crippen LogP contribution in [0.5, 0.6) is 5.88 Å². The van der Waals surface area contributed by atoms with E-state index in [4.69, 9.17) is 0 Å². The van der Waals surface area contributed by atoms with Crippen LogP contribution in [0.15, 0.2) is 45.9 Å². The number of aliphatic imine (C=N–C) groups is 1. The van der Waals surface area contributed by atoms with Gasteiger partial charge in [-0.05, 0) is 43.7 Å². The van der Waals surface area contributed by atoms with Crippen LogP contribution in [-0.4, -0.2) is 16.3 Å². The van der Waals surface area contributed by atoms with Crippen LogP contribution in [0.25, 0.3) is 10.9 Å². The van der Waals surface area contributed by atoms with Crippen LogP contribution in [0.4, 0.5) is 5.69 Å². The zero-order valence-corrected chi connectivity index (χ0v) is 13.4. The van der Waals surface area contributed by atoms with Crippen molar-refractivity contribution in [2.24, 2.45) is 4.99 Å². The number of aromatic nitrogens is 1. The van der Waals surface area contributed by atoms with Crippen molar-refractivity contribution < 1.29 is 5.11 Å². The van der Waals surface area contributed by atoms with Crippen LogP contribution in [0, 0.1) is 13.8 Å². The highest BCUT2D eigenvalue weighted by atomic mass is 79.9. The van der Waals surface area contributed by atoms with Crippen LogP contribution >= 0.6 is 15.9 Å². The van der Waals surface area contributed by atoms with Gasteiger partial charge in [-0.2, -0.15) is 0 Å². The summed E-state index contributed by atoms with van der Waals surface area (Å²) in [6, 6.07) is 11.9. The number of hydrogen-bond donors (Lipinski definition) is 2. The number of nitrogens with zero attached hydrogens (tertiary/aromatic N) is 1. The van der Waals surface area contributed by atoms with Crippen molar-refractivity contribution in [3.8, 4) is 5.88 Å². The topological polar surface area (TPSA) is 48.4 Å². The smallest absolute Gasteiger partial charge is 0.198 e. The van der Waals surface area contributed by atoms with E-state index in [9.17, 15) is 5.11 Å². The minimum absolute atomic E-state index is 0.144. The van der Waals surface area contributed by atoms with Crippen LogP contribution in [0.1, 0.15) is 16.7 Å². The first-order chi connectivity index (χ1) is 10.0. The molecule has 0 atom stereocenters. The molecule has 106 valence electrons. The molecule has 0 amide bonds. The molecule has 0 aliphatic heterocycles. The minimum Gasteiger partial charge on any atom is -0.494 e. The molecule has 0 saturated heterocycles. The molecule has 0 saturated carbocycles. The lowest BCUT2D eigenvalue weighted by Crippen LogP contribution is -1.81. The van der Waals surface area contributed by atoms with Gasteiger partial charge in [0, 0.05) is 21.6 Å². The first-order valence-corrected chi connectivity index (χ1v) is 7.45. The van der Waals surface area contributed by atoms with Crippen molar-refractivity contribution in [1.82, 2.24) is 4.98 Å². The number of aryl methyl sites for hydroxylation is 2. The summed E-state index contributed by atoms with van der Waals surface area (Å²) in [6.07, 6.45) is 1.70. The highest BCUT2D eigenvalue weighted by Gasteiger charge is 2.08. The molecule has 3 nitrogen and oxygen atoms in total. The van der Waals surface area contributed by atoms with Gasteiger partial charge in [0.15, 0.2) is 5.88 Å². The zero-order valence-electron chi connectivity index (χ0n) is 11.8. The van der Waals surface area contributed by atoms with E-state index in [-0.39, 0.29) is 5.88 Å². The van der Waals surface area contributed by atoms with E-state index in [1.165, 1.54) is 5.56 Å². The Morgan fingerprint density at radius 3 is 2.71 bits per heavy atom. The molecule has 1 heterocycles. The lowest BCUT2D eigenvalue weighted by atomic mass is 10.1. The van der Waals surface area contributed by atoms with Crippen molar-refractivity contribution in [3.63, 3.8) is 0 Å². The lowest BCUT2D eigenvalue weighted by molar-refractivity contribution is 0.457. The van der Waals surface area contributed by atoms with Gasteiger partial charge in [-0.1, -0.05) is 33.6 Å². The quantitative estimate of drug-likeness (QED) is 0.632. The summed E-state index contributed by atoms with van der Waals surface area (Å²) in [5, 5.41) is 11.0. The molecular weight excluding hydrogens is 328 g/mol. The summed E-state index contributed by atoms with van der Waals surface area (Å²) in [5.74, 6) is 0.144. The van der Waals surface area contributed by atoms with Crippen molar-refractivity contribution in [3.05, 3.63) is 57.6 Å². The van der Waals surface area contributed by atoms with Gasteiger partial charge >= 0.3 is 0 Å². The largest absolute Gasteiger partial charge is 0.494 e. The Labute approximate surface area is 131 Å². The second kappa shape index (κ2) is 5.37. The van der Waals surface area contributed by atoms with Crippen LogP contribution in [0.2, 0.25) is 0 Å². The summed E-state index contributed by atoms with van der Waals surface area (Å²) >= 11 is 3.50. The van der Waals surface area contributed by atoms with Gasteiger partial charge in [0.25, 0.3) is 0 Å². The predicted octanol–water partition coefficient (Wildman–Crippen LogP) is 5.00. The molecule has 2 N–H and O–H groups in total. The maximum absolute atomic E-state index is 10.0. The number of fused-ring (bicyclic) bond motifs is 1. The normalized spacial score (nSPS) is 11.6. The number of hydrogen-bond acceptors (Lipinski definition) is 2. The molecule has 0 radical (unpaired) electrons. The molecule has 0 unspecified atom stereocenters. The molecule has 0 fully saturated rings. The number of aromatic amines is 1. The average Bonchev–Trinajstić information content (AvgIpc) is 2.75. The number of benzene rings is 2. The third kappa shape index (κ3) is 2.72. The van der Waals surface area contributed by atoms with E-state index in [2.05, 4.69) is 25.9 Å². The Morgan fingerprint density at radius 1 is 1.14 bits per heavy atom. The molecule has 21 heavy (non-hydrogen) atoms. The number of H-pyrrole nitrogens is 1. The first kappa shape index (κ1) is 13.9. The van der Waals surface area contributed by atoms with Gasteiger partial charge in [0.1, 0.15) is 0 Å². The summed E-state index contributed by atoms with van der Waals surface area (Å²) in [5.41, 5.74) is 4.78. The molecule has 0 bridgehead atoms.